The van der Waals surface area contributed by atoms with E-state index in [0.717, 1.165) is 37.8 Å². The second-order valence-electron chi connectivity index (χ2n) is 12.7. The van der Waals surface area contributed by atoms with Crippen molar-refractivity contribution in [2.45, 2.75) is 102 Å². The maximum atomic E-state index is 15.5. The number of nitrogens with two attached hydrogens (primary N) is 2. The van der Waals surface area contributed by atoms with E-state index in [4.69, 9.17) is 11.5 Å². The number of amides is 2. The van der Waals surface area contributed by atoms with Crippen molar-refractivity contribution in [1.29, 1.82) is 0 Å². The summed E-state index contributed by atoms with van der Waals surface area (Å²) in [5.41, 5.74) is 13.2. The summed E-state index contributed by atoms with van der Waals surface area (Å²) in [7, 11) is 1.83. The van der Waals surface area contributed by atoms with Crippen molar-refractivity contribution in [3.8, 4) is 0 Å². The SMILES string of the molecule is CCCC1(C)CCCC(F)C[N+](C)=C(C(C(=O)NC2CNCC(F)C2N2CCN3C(=O)CCC3C2)C(N)N)C1. The van der Waals surface area contributed by atoms with Crippen LogP contribution in [0.15, 0.2) is 0 Å². The largest absolute Gasteiger partial charge is 0.350 e. The first kappa shape index (κ1) is 30.3. The Morgan fingerprint density at radius 3 is 2.74 bits per heavy atom. The van der Waals surface area contributed by atoms with Crippen LogP contribution in [0.25, 0.3) is 0 Å². The maximum absolute atomic E-state index is 15.5. The molecule has 11 heteroatoms. The highest BCUT2D eigenvalue weighted by Crippen LogP contribution is 2.37. The van der Waals surface area contributed by atoms with E-state index in [1.54, 1.807) is 0 Å². The van der Waals surface area contributed by atoms with Crippen LogP contribution in [0, 0.1) is 11.3 Å². The first-order valence-corrected chi connectivity index (χ1v) is 14.9. The van der Waals surface area contributed by atoms with Crippen LogP contribution in [-0.2, 0) is 9.59 Å². The van der Waals surface area contributed by atoms with Crippen LogP contribution in [0.5, 0.6) is 0 Å². The summed E-state index contributed by atoms with van der Waals surface area (Å²) in [6, 6.07) is -0.890. The molecule has 0 aromatic rings. The molecule has 7 unspecified atom stereocenters. The van der Waals surface area contributed by atoms with Gasteiger partial charge >= 0.3 is 0 Å². The van der Waals surface area contributed by atoms with Gasteiger partial charge in [0.2, 0.25) is 11.8 Å². The summed E-state index contributed by atoms with van der Waals surface area (Å²) in [5.74, 6) is -1.00. The van der Waals surface area contributed by atoms with Gasteiger partial charge in [0, 0.05) is 51.6 Å². The van der Waals surface area contributed by atoms with Gasteiger partial charge in [-0.05, 0) is 37.5 Å². The fourth-order valence-corrected chi connectivity index (χ4v) is 7.55. The Morgan fingerprint density at radius 2 is 2.03 bits per heavy atom. The summed E-state index contributed by atoms with van der Waals surface area (Å²) in [4.78, 5) is 30.2. The molecule has 4 heterocycles. The normalized spacial score (nSPS) is 35.8. The molecule has 6 N–H and O–H groups in total. The Labute approximate surface area is 232 Å². The molecular formula is C28H50F2N7O2+. The van der Waals surface area contributed by atoms with Gasteiger partial charge in [-0.25, -0.2) is 13.4 Å². The first-order chi connectivity index (χ1) is 18.5. The minimum absolute atomic E-state index is 0.0901. The predicted molar refractivity (Wildman–Crippen MR) is 148 cm³/mol. The Balaban J connectivity index is 1.56. The van der Waals surface area contributed by atoms with Gasteiger partial charge < -0.3 is 27.0 Å². The number of hydrogen-bond acceptors (Lipinski definition) is 6. The molecule has 0 saturated carbocycles. The predicted octanol–water partition coefficient (Wildman–Crippen LogP) is 0.749. The monoisotopic (exact) mass is 554 g/mol. The number of halogens is 2. The molecule has 4 aliphatic heterocycles. The minimum Gasteiger partial charge on any atom is -0.350 e. The van der Waals surface area contributed by atoms with Crippen LogP contribution in [-0.4, -0.2) is 115 Å². The third kappa shape index (κ3) is 6.97. The minimum atomic E-state index is -1.17. The molecule has 4 aliphatic rings. The average Bonchev–Trinajstić information content (AvgIpc) is 3.24. The summed E-state index contributed by atoms with van der Waals surface area (Å²) < 4.78 is 32.1. The lowest BCUT2D eigenvalue weighted by molar-refractivity contribution is -0.508. The third-order valence-corrected chi connectivity index (χ3v) is 9.51. The highest BCUT2D eigenvalue weighted by atomic mass is 19.1. The zero-order valence-corrected chi connectivity index (χ0v) is 24.0. The van der Waals surface area contributed by atoms with Gasteiger partial charge in [-0.2, -0.15) is 0 Å². The van der Waals surface area contributed by atoms with Gasteiger partial charge in [-0.3, -0.25) is 14.5 Å². The zero-order chi connectivity index (χ0) is 28.3. The number of fused-ring (bicyclic) bond motifs is 1. The summed E-state index contributed by atoms with van der Waals surface area (Å²) >= 11 is 0. The van der Waals surface area contributed by atoms with E-state index in [-0.39, 0.29) is 36.4 Å². The van der Waals surface area contributed by atoms with Crippen molar-refractivity contribution < 1.29 is 22.9 Å². The van der Waals surface area contributed by atoms with E-state index in [2.05, 4.69) is 29.4 Å². The molecule has 0 spiro atoms. The van der Waals surface area contributed by atoms with Crippen LogP contribution in [0.3, 0.4) is 0 Å². The van der Waals surface area contributed by atoms with Crippen molar-refractivity contribution in [2.75, 3.05) is 46.3 Å². The second kappa shape index (κ2) is 12.9. The molecule has 4 rings (SSSR count). The van der Waals surface area contributed by atoms with Crippen molar-refractivity contribution in [3.05, 3.63) is 0 Å². The van der Waals surface area contributed by atoms with Gasteiger partial charge in [-0.15, -0.1) is 0 Å². The highest BCUT2D eigenvalue weighted by Gasteiger charge is 2.46. The van der Waals surface area contributed by atoms with E-state index < -0.39 is 36.5 Å². The molecular weight excluding hydrogens is 504 g/mol. The number of piperazine rings is 1. The first-order valence-electron chi connectivity index (χ1n) is 14.9. The van der Waals surface area contributed by atoms with Crippen molar-refractivity contribution in [3.63, 3.8) is 0 Å². The zero-order valence-electron chi connectivity index (χ0n) is 24.0. The van der Waals surface area contributed by atoms with Gasteiger partial charge in [0.15, 0.2) is 18.4 Å². The number of carbonyl (C=O) groups excluding carboxylic acids is 2. The van der Waals surface area contributed by atoms with Crippen LogP contribution in [0.4, 0.5) is 8.78 Å². The Hall–Kier alpha value is -1.69. The van der Waals surface area contributed by atoms with Crippen molar-refractivity contribution in [1.82, 2.24) is 20.4 Å². The molecule has 0 aromatic heterocycles. The topological polar surface area (TPSA) is 120 Å². The second-order valence-corrected chi connectivity index (χ2v) is 12.7. The number of piperidine rings is 1. The quantitative estimate of drug-likeness (QED) is 0.272. The Kier molecular flexibility index (Phi) is 9.99. The molecule has 0 aromatic carbocycles. The Bertz CT molecular complexity index is 918. The van der Waals surface area contributed by atoms with Crippen LogP contribution in [0.1, 0.15) is 65.2 Å². The van der Waals surface area contributed by atoms with Crippen molar-refractivity contribution in [2.24, 2.45) is 22.8 Å². The number of alkyl halides is 2. The smallest absolute Gasteiger partial charge is 0.236 e. The van der Waals surface area contributed by atoms with E-state index in [1.807, 2.05) is 16.5 Å². The molecule has 9 nitrogen and oxygen atoms in total. The molecule has 0 bridgehead atoms. The molecule has 2 amide bonds. The molecule has 222 valence electrons. The number of nitrogens with zero attached hydrogens (tertiary/aromatic N) is 3. The van der Waals surface area contributed by atoms with Gasteiger partial charge in [0.1, 0.15) is 19.1 Å². The molecule has 0 aliphatic carbocycles. The Morgan fingerprint density at radius 1 is 1.26 bits per heavy atom. The molecule has 3 saturated heterocycles. The van der Waals surface area contributed by atoms with E-state index in [1.165, 1.54) is 0 Å². The van der Waals surface area contributed by atoms with E-state index in [0.29, 0.717) is 45.4 Å². The van der Waals surface area contributed by atoms with Crippen LogP contribution < -0.4 is 22.1 Å². The lowest BCUT2D eigenvalue weighted by Gasteiger charge is -2.47. The maximum Gasteiger partial charge on any atom is 0.236 e. The number of hydrogen-bond donors (Lipinski definition) is 4. The molecule has 7 atom stereocenters. The van der Waals surface area contributed by atoms with Crippen molar-refractivity contribution >= 4 is 17.5 Å². The molecule has 3 fully saturated rings. The summed E-state index contributed by atoms with van der Waals surface area (Å²) in [5, 5.41) is 6.24. The van der Waals surface area contributed by atoms with Crippen LogP contribution in [0.2, 0.25) is 0 Å². The van der Waals surface area contributed by atoms with E-state index in [9.17, 15) is 14.0 Å². The fraction of sp³-hybridized carbons (Fsp3) is 0.893. The lowest BCUT2D eigenvalue weighted by atomic mass is 9.74. The number of rotatable bonds is 7. The fourth-order valence-electron chi connectivity index (χ4n) is 7.55. The average molecular weight is 555 g/mol. The third-order valence-electron chi connectivity index (χ3n) is 9.51. The summed E-state index contributed by atoms with van der Waals surface area (Å²) in [6.45, 7) is 6.96. The summed E-state index contributed by atoms with van der Waals surface area (Å²) in [6.07, 6.45) is 2.93. The number of nitrogens with one attached hydrogen (secondary N) is 2. The standard InChI is InChI=1S/C28H49F2N7O2/c1-4-9-28(2)10-5-6-18(29)16-35(3)22(13-28)24(26(31)32)27(39)34-21-15-33-14-20(30)25(21)36-11-12-37-19(17-36)7-8-23(37)38/h18-21,24-26,33H,4-17,31-32H2,1-3H3/p+1. The molecule has 0 radical (unpaired) electrons. The van der Waals surface area contributed by atoms with Gasteiger partial charge in [0.05, 0.1) is 18.2 Å². The van der Waals surface area contributed by atoms with Gasteiger partial charge in [-0.1, -0.05) is 20.3 Å². The number of carbonyl (C=O) groups is 2. The van der Waals surface area contributed by atoms with E-state index >= 15 is 4.39 Å². The molecule has 39 heavy (non-hydrogen) atoms. The van der Waals surface area contributed by atoms with Gasteiger partial charge in [0.25, 0.3) is 0 Å². The van der Waals surface area contributed by atoms with Crippen LogP contribution >= 0.6 is 0 Å². The lowest BCUT2D eigenvalue weighted by Crippen LogP contribution is -2.69. The highest BCUT2D eigenvalue weighted by molar-refractivity contribution is 6.03.